The quantitative estimate of drug-likeness (QED) is 0.878. The summed E-state index contributed by atoms with van der Waals surface area (Å²) in [7, 11) is 0. The molecule has 0 aliphatic carbocycles. The molecule has 0 bridgehead atoms. The first-order chi connectivity index (χ1) is 7.99. The minimum atomic E-state index is -0.924. The molecule has 1 fully saturated rings. The minimum Gasteiger partial charge on any atom is -0.481 e. The van der Waals surface area contributed by atoms with Gasteiger partial charge in [-0.3, -0.25) is 9.59 Å². The van der Waals surface area contributed by atoms with Gasteiger partial charge in [-0.2, -0.15) is 0 Å². The second kappa shape index (κ2) is 4.37. The Morgan fingerprint density at radius 1 is 1.53 bits per heavy atom. The van der Waals surface area contributed by atoms with Crippen molar-refractivity contribution < 1.29 is 14.7 Å². The minimum absolute atomic E-state index is 0.0669. The molecule has 1 amide bonds. The van der Waals surface area contributed by atoms with Crippen molar-refractivity contribution in [1.29, 1.82) is 0 Å². The summed E-state index contributed by atoms with van der Waals surface area (Å²) >= 11 is 5.84. The first-order valence-corrected chi connectivity index (χ1v) is 5.66. The number of aliphatic carboxylic acids is 1. The zero-order valence-electron chi connectivity index (χ0n) is 9.31. The third-order valence-corrected chi connectivity index (χ3v) is 3.16. The third kappa shape index (κ3) is 2.26. The van der Waals surface area contributed by atoms with E-state index in [-0.39, 0.29) is 18.9 Å². The van der Waals surface area contributed by atoms with Crippen molar-refractivity contribution in [3.63, 3.8) is 0 Å². The molecule has 17 heavy (non-hydrogen) atoms. The summed E-state index contributed by atoms with van der Waals surface area (Å²) in [5, 5.41) is 9.51. The third-order valence-electron chi connectivity index (χ3n) is 2.92. The molecular weight excluding hydrogens is 242 g/mol. The van der Waals surface area contributed by atoms with E-state index in [1.54, 1.807) is 18.2 Å². The van der Waals surface area contributed by atoms with Gasteiger partial charge in [0.05, 0.1) is 5.92 Å². The average molecular weight is 254 g/mol. The maximum atomic E-state index is 11.8. The number of amides is 1. The van der Waals surface area contributed by atoms with Crippen LogP contribution in [0, 0.1) is 12.8 Å². The molecule has 5 heteroatoms. The predicted molar refractivity (Wildman–Crippen MR) is 64.3 cm³/mol. The molecule has 1 aliphatic heterocycles. The molecule has 0 spiro atoms. The van der Waals surface area contributed by atoms with Gasteiger partial charge in [-0.25, -0.2) is 0 Å². The standard InChI is InChI=1S/C12H12ClNO3/c1-7-4-9(13)2-3-10(7)14-6-8(12(16)17)5-11(14)15/h2-4,8H,5-6H2,1H3,(H,16,17). The number of hydrogen-bond acceptors (Lipinski definition) is 2. The van der Waals surface area contributed by atoms with Crippen molar-refractivity contribution in [1.82, 2.24) is 0 Å². The smallest absolute Gasteiger partial charge is 0.308 e. The second-order valence-electron chi connectivity index (χ2n) is 4.17. The van der Waals surface area contributed by atoms with Crippen LogP contribution in [-0.2, 0) is 9.59 Å². The van der Waals surface area contributed by atoms with Gasteiger partial charge < -0.3 is 10.0 Å². The summed E-state index contributed by atoms with van der Waals surface area (Å²) in [5.74, 6) is -1.69. The first kappa shape index (κ1) is 11.9. The molecule has 1 saturated heterocycles. The number of anilines is 1. The highest BCUT2D eigenvalue weighted by Gasteiger charge is 2.35. The van der Waals surface area contributed by atoms with Crippen LogP contribution in [0.4, 0.5) is 5.69 Å². The molecule has 90 valence electrons. The van der Waals surface area contributed by atoms with Crippen LogP contribution in [0.5, 0.6) is 0 Å². The molecular formula is C12H12ClNO3. The fraction of sp³-hybridized carbons (Fsp3) is 0.333. The highest BCUT2D eigenvalue weighted by atomic mass is 35.5. The number of carbonyl (C=O) groups is 2. The number of benzene rings is 1. The van der Waals surface area contributed by atoms with Crippen LogP contribution in [0.25, 0.3) is 0 Å². The number of aryl methyl sites for hydroxylation is 1. The summed E-state index contributed by atoms with van der Waals surface area (Å²) in [6.45, 7) is 2.08. The number of halogens is 1. The van der Waals surface area contributed by atoms with Crippen LogP contribution in [0.3, 0.4) is 0 Å². The van der Waals surface area contributed by atoms with Crippen LogP contribution < -0.4 is 4.90 Å². The van der Waals surface area contributed by atoms with Crippen LogP contribution in [0.15, 0.2) is 18.2 Å². The van der Waals surface area contributed by atoms with E-state index in [2.05, 4.69) is 0 Å². The molecule has 1 aromatic carbocycles. The second-order valence-corrected chi connectivity index (χ2v) is 4.61. The lowest BCUT2D eigenvalue weighted by atomic mass is 10.1. The number of rotatable bonds is 2. The monoisotopic (exact) mass is 253 g/mol. The summed E-state index contributed by atoms with van der Waals surface area (Å²) in [6, 6.07) is 5.21. The summed E-state index contributed by atoms with van der Waals surface area (Å²) in [4.78, 5) is 24.1. The summed E-state index contributed by atoms with van der Waals surface area (Å²) < 4.78 is 0. The number of carboxylic acids is 1. The Labute approximate surface area is 104 Å². The zero-order valence-corrected chi connectivity index (χ0v) is 10.1. The van der Waals surface area contributed by atoms with E-state index in [0.717, 1.165) is 11.3 Å². The number of carboxylic acid groups (broad SMARTS) is 1. The molecule has 1 atom stereocenters. The SMILES string of the molecule is Cc1cc(Cl)ccc1N1CC(C(=O)O)CC1=O. The molecule has 0 radical (unpaired) electrons. The van der Waals surface area contributed by atoms with Gasteiger partial charge in [-0.15, -0.1) is 0 Å². The highest BCUT2D eigenvalue weighted by molar-refractivity contribution is 6.30. The van der Waals surface area contributed by atoms with E-state index < -0.39 is 11.9 Å². The Morgan fingerprint density at radius 3 is 2.76 bits per heavy atom. The van der Waals surface area contributed by atoms with Gasteiger partial charge in [0.2, 0.25) is 5.91 Å². The van der Waals surface area contributed by atoms with E-state index in [1.165, 1.54) is 4.90 Å². The highest BCUT2D eigenvalue weighted by Crippen LogP contribution is 2.29. The first-order valence-electron chi connectivity index (χ1n) is 5.28. The number of hydrogen-bond donors (Lipinski definition) is 1. The van der Waals surface area contributed by atoms with Gasteiger partial charge in [0, 0.05) is 23.7 Å². The lowest BCUT2D eigenvalue weighted by molar-refractivity contribution is -0.141. The molecule has 1 aromatic rings. The maximum Gasteiger partial charge on any atom is 0.308 e. The zero-order chi connectivity index (χ0) is 12.6. The van der Waals surface area contributed by atoms with Crippen LogP contribution >= 0.6 is 11.6 Å². The Hall–Kier alpha value is -1.55. The van der Waals surface area contributed by atoms with Gasteiger partial charge >= 0.3 is 5.97 Å². The molecule has 1 N–H and O–H groups in total. The molecule has 1 aliphatic rings. The summed E-state index contributed by atoms with van der Waals surface area (Å²) in [5.41, 5.74) is 1.61. The van der Waals surface area contributed by atoms with Crippen molar-refractivity contribution in [2.45, 2.75) is 13.3 Å². The van der Waals surface area contributed by atoms with Gasteiger partial charge in [-0.1, -0.05) is 11.6 Å². The lowest BCUT2D eigenvalue weighted by Gasteiger charge is -2.18. The van der Waals surface area contributed by atoms with E-state index in [0.29, 0.717) is 5.02 Å². The molecule has 1 unspecified atom stereocenters. The van der Waals surface area contributed by atoms with E-state index >= 15 is 0 Å². The normalized spacial score (nSPS) is 19.8. The van der Waals surface area contributed by atoms with Crippen LogP contribution in [-0.4, -0.2) is 23.5 Å². The Morgan fingerprint density at radius 2 is 2.24 bits per heavy atom. The van der Waals surface area contributed by atoms with Crippen molar-refractivity contribution in [3.05, 3.63) is 28.8 Å². The molecule has 2 rings (SSSR count). The van der Waals surface area contributed by atoms with Gasteiger partial charge in [-0.05, 0) is 30.7 Å². The number of nitrogens with zero attached hydrogens (tertiary/aromatic N) is 1. The molecule has 0 saturated carbocycles. The van der Waals surface area contributed by atoms with Crippen LogP contribution in [0.2, 0.25) is 5.02 Å². The molecule has 4 nitrogen and oxygen atoms in total. The largest absolute Gasteiger partial charge is 0.481 e. The summed E-state index contributed by atoms with van der Waals surface area (Å²) in [6.07, 6.45) is 0.0669. The van der Waals surface area contributed by atoms with E-state index in [9.17, 15) is 9.59 Å². The topological polar surface area (TPSA) is 57.6 Å². The Bertz CT molecular complexity index is 487. The average Bonchev–Trinajstić information content (AvgIpc) is 2.61. The van der Waals surface area contributed by atoms with Gasteiger partial charge in [0.1, 0.15) is 0 Å². The van der Waals surface area contributed by atoms with Gasteiger partial charge in [0.15, 0.2) is 0 Å². The predicted octanol–water partition coefficient (Wildman–Crippen LogP) is 2.09. The van der Waals surface area contributed by atoms with Crippen molar-refractivity contribution >= 4 is 29.2 Å². The van der Waals surface area contributed by atoms with Crippen LogP contribution in [0.1, 0.15) is 12.0 Å². The maximum absolute atomic E-state index is 11.8. The lowest BCUT2D eigenvalue weighted by Crippen LogP contribution is -2.26. The van der Waals surface area contributed by atoms with Crippen molar-refractivity contribution in [3.8, 4) is 0 Å². The fourth-order valence-corrected chi connectivity index (χ4v) is 2.25. The fourth-order valence-electron chi connectivity index (χ4n) is 2.03. The number of carbonyl (C=O) groups excluding carboxylic acids is 1. The van der Waals surface area contributed by atoms with E-state index in [4.69, 9.17) is 16.7 Å². The van der Waals surface area contributed by atoms with Gasteiger partial charge in [0.25, 0.3) is 0 Å². The van der Waals surface area contributed by atoms with Crippen molar-refractivity contribution in [2.75, 3.05) is 11.4 Å². The van der Waals surface area contributed by atoms with Crippen molar-refractivity contribution in [2.24, 2.45) is 5.92 Å². The molecule has 1 heterocycles. The van der Waals surface area contributed by atoms with E-state index in [1.807, 2.05) is 6.92 Å². The Balaban J connectivity index is 2.29. The molecule has 0 aromatic heterocycles. The Kier molecular flexibility index (Phi) is 3.07.